The molecule has 1 N–H and O–H groups in total. The summed E-state index contributed by atoms with van der Waals surface area (Å²) in [7, 11) is 3.59. The number of ether oxygens (including phenoxy) is 3. The van der Waals surface area contributed by atoms with E-state index < -0.39 is 0 Å². The third-order valence-corrected chi connectivity index (χ3v) is 6.24. The lowest BCUT2D eigenvalue weighted by molar-refractivity contribution is -0.0817. The number of hydrogen-bond donors (Lipinski definition) is 1. The lowest BCUT2D eigenvalue weighted by Crippen LogP contribution is -2.53. The van der Waals surface area contributed by atoms with Crippen molar-refractivity contribution in [2.45, 2.75) is 31.5 Å². The average Bonchev–Trinajstić information content (AvgIpc) is 3.47. The van der Waals surface area contributed by atoms with E-state index in [1.165, 1.54) is 12.1 Å². The van der Waals surface area contributed by atoms with E-state index in [1.54, 1.807) is 7.11 Å². The van der Waals surface area contributed by atoms with Crippen LogP contribution < -0.4 is 15.0 Å². The number of nitrogens with zero attached hydrogens (tertiary/aromatic N) is 3. The van der Waals surface area contributed by atoms with Gasteiger partial charge in [0.1, 0.15) is 11.9 Å². The third kappa shape index (κ3) is 4.95. The van der Waals surface area contributed by atoms with Crippen molar-refractivity contribution in [1.29, 1.82) is 0 Å². The molecule has 1 aromatic carbocycles. The quantitative estimate of drug-likeness (QED) is 0.600. The summed E-state index contributed by atoms with van der Waals surface area (Å²) in [5, 5.41) is 3.61. The number of benzene rings is 1. The standard InChI is InChI=1S/C22H34N4O3/c1-23-22(26-10-12-29-21(16-26)20-7-4-11-28-20)24-14-17-8-9-25(15-17)18-5-3-6-19(13-18)27-2/h3,5-6,13,17,20-21H,4,7-12,14-16H2,1-2H3,(H,23,24). The minimum absolute atomic E-state index is 0.153. The first kappa shape index (κ1) is 20.3. The minimum Gasteiger partial charge on any atom is -0.497 e. The fourth-order valence-electron chi connectivity index (χ4n) is 4.60. The van der Waals surface area contributed by atoms with Crippen LogP contribution in [-0.2, 0) is 9.47 Å². The Morgan fingerprint density at radius 1 is 1.17 bits per heavy atom. The highest BCUT2D eigenvalue weighted by molar-refractivity contribution is 5.80. The fourth-order valence-corrected chi connectivity index (χ4v) is 4.60. The monoisotopic (exact) mass is 402 g/mol. The topological polar surface area (TPSA) is 58.6 Å². The Morgan fingerprint density at radius 2 is 2.07 bits per heavy atom. The molecule has 3 heterocycles. The van der Waals surface area contributed by atoms with Gasteiger partial charge in [0.15, 0.2) is 5.96 Å². The molecule has 3 aliphatic heterocycles. The molecule has 0 spiro atoms. The molecule has 3 aliphatic rings. The van der Waals surface area contributed by atoms with Crippen molar-refractivity contribution in [3.63, 3.8) is 0 Å². The highest BCUT2D eigenvalue weighted by Crippen LogP contribution is 2.27. The fraction of sp³-hybridized carbons (Fsp3) is 0.682. The maximum absolute atomic E-state index is 5.98. The molecule has 29 heavy (non-hydrogen) atoms. The van der Waals surface area contributed by atoms with E-state index in [0.29, 0.717) is 5.92 Å². The van der Waals surface area contributed by atoms with Gasteiger partial charge < -0.3 is 29.3 Å². The molecule has 3 fully saturated rings. The zero-order chi connectivity index (χ0) is 20.1. The number of guanidine groups is 1. The van der Waals surface area contributed by atoms with Crippen LogP contribution in [0, 0.1) is 5.92 Å². The summed E-state index contributed by atoms with van der Waals surface area (Å²) in [5.41, 5.74) is 1.24. The molecule has 0 bridgehead atoms. The Morgan fingerprint density at radius 3 is 2.86 bits per heavy atom. The summed E-state index contributed by atoms with van der Waals surface area (Å²) in [6.45, 7) is 6.40. The lowest BCUT2D eigenvalue weighted by Gasteiger charge is -2.37. The van der Waals surface area contributed by atoms with E-state index in [1.807, 2.05) is 13.1 Å². The van der Waals surface area contributed by atoms with Gasteiger partial charge >= 0.3 is 0 Å². The van der Waals surface area contributed by atoms with Crippen molar-refractivity contribution in [1.82, 2.24) is 10.2 Å². The van der Waals surface area contributed by atoms with Crippen LogP contribution in [0.25, 0.3) is 0 Å². The number of rotatable bonds is 5. The molecule has 3 unspecified atom stereocenters. The van der Waals surface area contributed by atoms with Gasteiger partial charge in [-0.3, -0.25) is 4.99 Å². The molecule has 3 atom stereocenters. The van der Waals surface area contributed by atoms with Crippen molar-refractivity contribution >= 4 is 11.6 Å². The molecule has 0 aliphatic carbocycles. The van der Waals surface area contributed by atoms with Gasteiger partial charge in [-0.2, -0.15) is 0 Å². The molecule has 0 saturated carbocycles. The summed E-state index contributed by atoms with van der Waals surface area (Å²) >= 11 is 0. The van der Waals surface area contributed by atoms with Gasteiger partial charge in [0.2, 0.25) is 0 Å². The Labute approximate surface area is 174 Å². The summed E-state index contributed by atoms with van der Waals surface area (Å²) in [6, 6.07) is 8.34. The Kier molecular flexibility index (Phi) is 6.77. The van der Waals surface area contributed by atoms with Crippen molar-refractivity contribution in [2.24, 2.45) is 10.9 Å². The molecule has 1 aromatic rings. The van der Waals surface area contributed by atoms with Crippen molar-refractivity contribution in [3.8, 4) is 5.75 Å². The number of hydrogen-bond acceptors (Lipinski definition) is 5. The molecule has 3 saturated heterocycles. The molecule has 4 rings (SSSR count). The van der Waals surface area contributed by atoms with Gasteiger partial charge in [-0.05, 0) is 37.3 Å². The Hall–Kier alpha value is -1.99. The smallest absolute Gasteiger partial charge is 0.193 e. The van der Waals surface area contributed by atoms with Crippen LogP contribution in [0.2, 0.25) is 0 Å². The minimum atomic E-state index is 0.153. The van der Waals surface area contributed by atoms with Gasteiger partial charge in [-0.1, -0.05) is 6.07 Å². The van der Waals surface area contributed by atoms with Gasteiger partial charge in [0.25, 0.3) is 0 Å². The van der Waals surface area contributed by atoms with Crippen LogP contribution in [0.15, 0.2) is 29.3 Å². The maximum atomic E-state index is 5.98. The Bertz CT molecular complexity index is 692. The second-order valence-corrected chi connectivity index (χ2v) is 8.14. The number of morpholine rings is 1. The second kappa shape index (κ2) is 9.67. The maximum Gasteiger partial charge on any atom is 0.193 e. The lowest BCUT2D eigenvalue weighted by atomic mass is 10.1. The normalized spacial score (nSPS) is 28.1. The molecule has 0 amide bonds. The van der Waals surface area contributed by atoms with Crippen molar-refractivity contribution in [2.75, 3.05) is 65.0 Å². The van der Waals surface area contributed by atoms with Gasteiger partial charge in [-0.25, -0.2) is 0 Å². The van der Waals surface area contributed by atoms with E-state index in [9.17, 15) is 0 Å². The number of anilines is 1. The second-order valence-electron chi connectivity index (χ2n) is 8.14. The van der Waals surface area contributed by atoms with Gasteiger partial charge in [-0.15, -0.1) is 0 Å². The predicted octanol–water partition coefficient (Wildman–Crippen LogP) is 1.98. The van der Waals surface area contributed by atoms with E-state index >= 15 is 0 Å². The van der Waals surface area contributed by atoms with Crippen LogP contribution in [0.3, 0.4) is 0 Å². The van der Waals surface area contributed by atoms with Crippen molar-refractivity contribution < 1.29 is 14.2 Å². The highest BCUT2D eigenvalue weighted by Gasteiger charge is 2.32. The zero-order valence-electron chi connectivity index (χ0n) is 17.7. The predicted molar refractivity (Wildman–Crippen MR) is 115 cm³/mol. The Balaban J connectivity index is 1.27. The van der Waals surface area contributed by atoms with Crippen LogP contribution in [0.1, 0.15) is 19.3 Å². The molecule has 160 valence electrons. The van der Waals surface area contributed by atoms with E-state index in [2.05, 4.69) is 38.3 Å². The molecule has 0 aromatic heterocycles. The first-order chi connectivity index (χ1) is 14.3. The largest absolute Gasteiger partial charge is 0.497 e. The summed E-state index contributed by atoms with van der Waals surface area (Å²) < 4.78 is 17.2. The number of methoxy groups -OCH3 is 1. The van der Waals surface area contributed by atoms with Crippen LogP contribution >= 0.6 is 0 Å². The van der Waals surface area contributed by atoms with Crippen LogP contribution in [0.4, 0.5) is 5.69 Å². The van der Waals surface area contributed by atoms with Gasteiger partial charge in [0, 0.05) is 58.1 Å². The summed E-state index contributed by atoms with van der Waals surface area (Å²) in [6.07, 6.45) is 3.82. The molecule has 7 nitrogen and oxygen atoms in total. The molecule has 0 radical (unpaired) electrons. The first-order valence-electron chi connectivity index (χ1n) is 10.8. The summed E-state index contributed by atoms with van der Waals surface area (Å²) in [5.74, 6) is 2.50. The van der Waals surface area contributed by atoms with Gasteiger partial charge in [0.05, 0.1) is 19.8 Å². The third-order valence-electron chi connectivity index (χ3n) is 6.24. The molecule has 7 heteroatoms. The average molecular weight is 403 g/mol. The van der Waals surface area contributed by atoms with E-state index in [0.717, 1.165) is 70.5 Å². The first-order valence-corrected chi connectivity index (χ1v) is 10.8. The number of nitrogens with one attached hydrogen (secondary N) is 1. The van der Waals surface area contributed by atoms with Crippen molar-refractivity contribution in [3.05, 3.63) is 24.3 Å². The number of aliphatic imine (C=N–C) groups is 1. The highest BCUT2D eigenvalue weighted by atomic mass is 16.5. The zero-order valence-corrected chi connectivity index (χ0v) is 17.7. The van der Waals surface area contributed by atoms with Crippen LogP contribution in [0.5, 0.6) is 5.75 Å². The van der Waals surface area contributed by atoms with E-state index in [4.69, 9.17) is 14.2 Å². The summed E-state index contributed by atoms with van der Waals surface area (Å²) in [4.78, 5) is 9.31. The SMILES string of the molecule is CN=C(NCC1CCN(c2cccc(OC)c2)C1)N1CCOC(C2CCCO2)C1. The molecular formula is C22H34N4O3. The van der Waals surface area contributed by atoms with Crippen LogP contribution in [-0.4, -0.2) is 83.2 Å². The molecular weight excluding hydrogens is 368 g/mol. The van der Waals surface area contributed by atoms with E-state index in [-0.39, 0.29) is 12.2 Å².